The van der Waals surface area contributed by atoms with Gasteiger partial charge in [-0.25, -0.2) is 0 Å². The second kappa shape index (κ2) is 7.27. The summed E-state index contributed by atoms with van der Waals surface area (Å²) in [5, 5.41) is 0.532. The standard InChI is InChI=1S/C14H20ClNO2/c1-4-5-8-16(3)14(17)10-18-13-9-11(2)6-7-12(13)15/h6-7,9H,4-5,8,10H2,1-3H3. The van der Waals surface area contributed by atoms with E-state index in [1.165, 1.54) is 0 Å². The quantitative estimate of drug-likeness (QED) is 0.793. The Labute approximate surface area is 114 Å². The van der Waals surface area contributed by atoms with Crippen molar-refractivity contribution in [3.63, 3.8) is 0 Å². The van der Waals surface area contributed by atoms with Gasteiger partial charge in [0, 0.05) is 13.6 Å². The molecule has 1 aromatic rings. The maximum atomic E-state index is 11.8. The number of likely N-dealkylation sites (N-methyl/N-ethyl adjacent to an activating group) is 1. The lowest BCUT2D eigenvalue weighted by Gasteiger charge is -2.17. The summed E-state index contributed by atoms with van der Waals surface area (Å²) in [6.45, 7) is 4.85. The van der Waals surface area contributed by atoms with E-state index in [0.717, 1.165) is 24.9 Å². The van der Waals surface area contributed by atoms with Gasteiger partial charge in [0.15, 0.2) is 6.61 Å². The monoisotopic (exact) mass is 269 g/mol. The smallest absolute Gasteiger partial charge is 0.260 e. The van der Waals surface area contributed by atoms with Crippen molar-refractivity contribution in [2.45, 2.75) is 26.7 Å². The fourth-order valence-corrected chi connectivity index (χ4v) is 1.66. The molecule has 0 aliphatic carbocycles. The molecule has 0 aliphatic rings. The molecule has 0 bridgehead atoms. The molecule has 3 nitrogen and oxygen atoms in total. The molecular weight excluding hydrogens is 250 g/mol. The highest BCUT2D eigenvalue weighted by Gasteiger charge is 2.10. The van der Waals surface area contributed by atoms with Crippen LogP contribution in [0, 0.1) is 6.92 Å². The van der Waals surface area contributed by atoms with Gasteiger partial charge in [-0.2, -0.15) is 0 Å². The molecule has 0 spiro atoms. The van der Waals surface area contributed by atoms with Crippen LogP contribution in [0.4, 0.5) is 0 Å². The first-order valence-corrected chi connectivity index (χ1v) is 6.55. The van der Waals surface area contributed by atoms with E-state index in [0.29, 0.717) is 10.8 Å². The van der Waals surface area contributed by atoms with Crippen LogP contribution in [0.5, 0.6) is 5.75 Å². The summed E-state index contributed by atoms with van der Waals surface area (Å²) in [6.07, 6.45) is 2.08. The molecule has 0 N–H and O–H groups in total. The van der Waals surface area contributed by atoms with E-state index in [1.807, 2.05) is 19.1 Å². The number of nitrogens with zero attached hydrogens (tertiary/aromatic N) is 1. The molecule has 100 valence electrons. The van der Waals surface area contributed by atoms with Gasteiger partial charge in [0.1, 0.15) is 5.75 Å². The van der Waals surface area contributed by atoms with Crippen LogP contribution >= 0.6 is 11.6 Å². The van der Waals surface area contributed by atoms with Crippen molar-refractivity contribution < 1.29 is 9.53 Å². The fraction of sp³-hybridized carbons (Fsp3) is 0.500. The van der Waals surface area contributed by atoms with Crippen LogP contribution in [0.25, 0.3) is 0 Å². The molecule has 1 aromatic carbocycles. The lowest BCUT2D eigenvalue weighted by atomic mass is 10.2. The minimum Gasteiger partial charge on any atom is -0.482 e. The van der Waals surface area contributed by atoms with Crippen LogP contribution in [0.15, 0.2) is 18.2 Å². The van der Waals surface area contributed by atoms with Gasteiger partial charge in [-0.3, -0.25) is 4.79 Å². The molecule has 1 amide bonds. The molecule has 0 saturated carbocycles. The second-order valence-corrected chi connectivity index (χ2v) is 4.80. The first-order chi connectivity index (χ1) is 8.54. The third-order valence-corrected chi connectivity index (χ3v) is 3.02. The van der Waals surface area contributed by atoms with E-state index in [2.05, 4.69) is 6.92 Å². The summed E-state index contributed by atoms with van der Waals surface area (Å²) < 4.78 is 5.46. The lowest BCUT2D eigenvalue weighted by molar-refractivity contribution is -0.132. The van der Waals surface area contributed by atoms with Crippen LogP contribution in [0.1, 0.15) is 25.3 Å². The van der Waals surface area contributed by atoms with Crippen molar-refractivity contribution in [2.24, 2.45) is 0 Å². The molecular formula is C14H20ClNO2. The summed E-state index contributed by atoms with van der Waals surface area (Å²) >= 11 is 5.99. The molecule has 0 atom stereocenters. The number of halogens is 1. The van der Waals surface area contributed by atoms with Gasteiger partial charge in [-0.15, -0.1) is 0 Å². The minimum atomic E-state index is -0.0268. The number of rotatable bonds is 6. The predicted octanol–water partition coefficient (Wildman–Crippen LogP) is 3.29. The molecule has 0 radical (unpaired) electrons. The average Bonchev–Trinajstić information content (AvgIpc) is 2.36. The number of hydrogen-bond acceptors (Lipinski definition) is 2. The van der Waals surface area contributed by atoms with Crippen molar-refractivity contribution >= 4 is 17.5 Å². The van der Waals surface area contributed by atoms with Gasteiger partial charge < -0.3 is 9.64 Å². The van der Waals surface area contributed by atoms with E-state index in [1.54, 1.807) is 18.0 Å². The lowest BCUT2D eigenvalue weighted by Crippen LogP contribution is -2.32. The zero-order valence-corrected chi connectivity index (χ0v) is 12.0. The van der Waals surface area contributed by atoms with Gasteiger partial charge in [0.05, 0.1) is 5.02 Å². The van der Waals surface area contributed by atoms with Gasteiger partial charge in [0.2, 0.25) is 0 Å². The first-order valence-electron chi connectivity index (χ1n) is 6.17. The summed E-state index contributed by atoms with van der Waals surface area (Å²) in [5.41, 5.74) is 1.06. The Balaban J connectivity index is 2.49. The number of aryl methyl sites for hydroxylation is 1. The fourth-order valence-electron chi connectivity index (χ4n) is 1.49. The Morgan fingerprint density at radius 2 is 2.17 bits per heavy atom. The van der Waals surface area contributed by atoms with Crippen molar-refractivity contribution in [1.82, 2.24) is 4.90 Å². The number of benzene rings is 1. The minimum absolute atomic E-state index is 0.0268. The third-order valence-electron chi connectivity index (χ3n) is 2.71. The molecule has 0 unspecified atom stereocenters. The maximum absolute atomic E-state index is 11.8. The van der Waals surface area contributed by atoms with Crippen LogP contribution in [0.2, 0.25) is 5.02 Å². The summed E-state index contributed by atoms with van der Waals surface area (Å²) in [7, 11) is 1.79. The van der Waals surface area contributed by atoms with Crippen LogP contribution in [-0.4, -0.2) is 31.0 Å². The van der Waals surface area contributed by atoms with Crippen molar-refractivity contribution in [3.8, 4) is 5.75 Å². The molecule has 4 heteroatoms. The van der Waals surface area contributed by atoms with E-state index in [4.69, 9.17) is 16.3 Å². The third kappa shape index (κ3) is 4.57. The maximum Gasteiger partial charge on any atom is 0.260 e. The van der Waals surface area contributed by atoms with E-state index in [9.17, 15) is 4.79 Å². The molecule has 1 rings (SSSR count). The summed E-state index contributed by atoms with van der Waals surface area (Å²) in [5.74, 6) is 0.537. The van der Waals surface area contributed by atoms with Gasteiger partial charge in [-0.1, -0.05) is 31.0 Å². The van der Waals surface area contributed by atoms with E-state index >= 15 is 0 Å². The van der Waals surface area contributed by atoms with E-state index in [-0.39, 0.29) is 12.5 Å². The SMILES string of the molecule is CCCCN(C)C(=O)COc1cc(C)ccc1Cl. The number of unbranched alkanes of at least 4 members (excludes halogenated alkanes) is 1. The Hall–Kier alpha value is -1.22. The van der Waals surface area contributed by atoms with Crippen LogP contribution in [-0.2, 0) is 4.79 Å². The van der Waals surface area contributed by atoms with Gasteiger partial charge >= 0.3 is 0 Å². The molecule has 0 fully saturated rings. The number of ether oxygens (including phenoxy) is 1. The topological polar surface area (TPSA) is 29.5 Å². The molecule has 0 aromatic heterocycles. The second-order valence-electron chi connectivity index (χ2n) is 4.39. The largest absolute Gasteiger partial charge is 0.482 e. The normalized spacial score (nSPS) is 10.2. The van der Waals surface area contributed by atoms with Gasteiger partial charge in [-0.05, 0) is 31.0 Å². The highest BCUT2D eigenvalue weighted by Crippen LogP contribution is 2.25. The predicted molar refractivity (Wildman–Crippen MR) is 74.2 cm³/mol. The van der Waals surface area contributed by atoms with Crippen molar-refractivity contribution in [2.75, 3.05) is 20.2 Å². The summed E-state index contributed by atoms with van der Waals surface area (Å²) in [4.78, 5) is 13.5. The zero-order chi connectivity index (χ0) is 13.5. The molecule has 18 heavy (non-hydrogen) atoms. The van der Waals surface area contributed by atoms with Crippen molar-refractivity contribution in [3.05, 3.63) is 28.8 Å². The van der Waals surface area contributed by atoms with Crippen LogP contribution < -0.4 is 4.74 Å². The van der Waals surface area contributed by atoms with Crippen LogP contribution in [0.3, 0.4) is 0 Å². The number of carbonyl (C=O) groups is 1. The molecule has 0 saturated heterocycles. The van der Waals surface area contributed by atoms with Gasteiger partial charge in [0.25, 0.3) is 5.91 Å². The average molecular weight is 270 g/mol. The Bertz CT molecular complexity index is 407. The summed E-state index contributed by atoms with van der Waals surface area (Å²) in [6, 6.07) is 5.52. The van der Waals surface area contributed by atoms with Crippen molar-refractivity contribution in [1.29, 1.82) is 0 Å². The Morgan fingerprint density at radius 1 is 1.44 bits per heavy atom. The number of carbonyl (C=O) groups excluding carboxylic acids is 1. The molecule has 0 aliphatic heterocycles. The Kier molecular flexibility index (Phi) is 5.99. The number of amides is 1. The highest BCUT2D eigenvalue weighted by atomic mass is 35.5. The molecule has 0 heterocycles. The van der Waals surface area contributed by atoms with E-state index < -0.39 is 0 Å². The first kappa shape index (κ1) is 14.8. The highest BCUT2D eigenvalue weighted by molar-refractivity contribution is 6.32. The Morgan fingerprint density at radius 3 is 2.83 bits per heavy atom. The number of hydrogen-bond donors (Lipinski definition) is 0. The zero-order valence-electron chi connectivity index (χ0n) is 11.2.